The van der Waals surface area contributed by atoms with Crippen molar-refractivity contribution in [3.63, 3.8) is 0 Å². The van der Waals surface area contributed by atoms with Crippen LogP contribution in [-0.2, 0) is 21.4 Å². The van der Waals surface area contributed by atoms with Gasteiger partial charge in [-0.3, -0.25) is 14.7 Å². The van der Waals surface area contributed by atoms with Crippen LogP contribution in [0.1, 0.15) is 37.2 Å². The number of likely N-dealkylation sites (tertiary alicyclic amines) is 1. The lowest BCUT2D eigenvalue weighted by Gasteiger charge is -2.31. The third-order valence-corrected chi connectivity index (χ3v) is 6.85. The number of aliphatic imine (C=N–C) groups is 1. The number of hydrogen-bond acceptors (Lipinski definition) is 7. The van der Waals surface area contributed by atoms with E-state index in [-0.39, 0.29) is 30.3 Å². The number of aliphatic carboxylic acids is 1. The second-order valence-corrected chi connectivity index (χ2v) is 9.72. The van der Waals surface area contributed by atoms with Gasteiger partial charge >= 0.3 is 11.9 Å². The molecule has 9 nitrogen and oxygen atoms in total. The molecule has 0 spiro atoms. The van der Waals surface area contributed by atoms with Crippen LogP contribution in [0, 0.1) is 5.82 Å². The predicted octanol–water partition coefficient (Wildman–Crippen LogP) is 3.41. The topological polar surface area (TPSA) is 109 Å². The van der Waals surface area contributed by atoms with Crippen LogP contribution in [0.5, 0.6) is 0 Å². The molecular formula is C24H25BrF3N5O4. The molecule has 0 saturated carbocycles. The number of halogens is 4. The average Bonchev–Trinajstić information content (AvgIpc) is 3.34. The summed E-state index contributed by atoms with van der Waals surface area (Å²) in [5.41, 5.74) is 0.723. The number of ether oxygens (including phenoxy) is 1. The summed E-state index contributed by atoms with van der Waals surface area (Å²) in [5.74, 6) is -4.84. The maximum atomic E-state index is 14.4. The molecule has 13 heteroatoms. The van der Waals surface area contributed by atoms with Crippen LogP contribution in [0.3, 0.4) is 0 Å². The van der Waals surface area contributed by atoms with Crippen molar-refractivity contribution >= 4 is 33.7 Å². The van der Waals surface area contributed by atoms with Crippen molar-refractivity contribution in [2.45, 2.75) is 37.8 Å². The first kappa shape index (κ1) is 26.9. The van der Waals surface area contributed by atoms with Gasteiger partial charge in [-0.2, -0.15) is 0 Å². The van der Waals surface area contributed by atoms with Crippen molar-refractivity contribution in [2.75, 3.05) is 19.7 Å². The number of aryl methyl sites for hydroxylation is 1. The molecule has 4 rings (SSSR count). The van der Waals surface area contributed by atoms with Crippen LogP contribution in [-0.4, -0.2) is 69.0 Å². The molecule has 0 radical (unpaired) electrons. The fourth-order valence-electron chi connectivity index (χ4n) is 4.58. The number of nitrogens with zero attached hydrogens (tertiary/aromatic N) is 4. The monoisotopic (exact) mass is 583 g/mol. The van der Waals surface area contributed by atoms with Gasteiger partial charge in [0.15, 0.2) is 11.7 Å². The molecule has 2 aromatic rings. The van der Waals surface area contributed by atoms with Gasteiger partial charge in [0, 0.05) is 48.6 Å². The Balaban J connectivity index is 1.85. The Morgan fingerprint density at radius 3 is 2.73 bits per heavy atom. The number of nitrogens with one attached hydrogen (secondary N) is 1. The lowest BCUT2D eigenvalue weighted by molar-refractivity contribution is -0.139. The number of amidine groups is 1. The minimum atomic E-state index is -3.09. The third-order valence-electron chi connectivity index (χ3n) is 6.17. The Hall–Kier alpha value is -3.19. The summed E-state index contributed by atoms with van der Waals surface area (Å²) in [6.45, 7) is 0.808. The largest absolute Gasteiger partial charge is 0.481 e. The van der Waals surface area contributed by atoms with Crippen molar-refractivity contribution in [2.24, 2.45) is 12.0 Å². The number of carbonyl (C=O) groups is 2. The van der Waals surface area contributed by atoms with E-state index in [1.54, 1.807) is 30.9 Å². The van der Waals surface area contributed by atoms with E-state index in [1.807, 2.05) is 0 Å². The molecule has 0 amide bonds. The Kier molecular flexibility index (Phi) is 7.74. The minimum absolute atomic E-state index is 0.0479. The van der Waals surface area contributed by atoms with Crippen LogP contribution < -0.4 is 5.32 Å². The van der Waals surface area contributed by atoms with E-state index >= 15 is 0 Å². The molecule has 0 aliphatic carbocycles. The lowest BCUT2D eigenvalue weighted by atomic mass is 9.95. The molecule has 198 valence electrons. The van der Waals surface area contributed by atoms with E-state index < -0.39 is 55.1 Å². The van der Waals surface area contributed by atoms with Gasteiger partial charge < -0.3 is 19.7 Å². The second-order valence-electron chi connectivity index (χ2n) is 8.86. The molecule has 37 heavy (non-hydrogen) atoms. The molecule has 2 aliphatic rings. The van der Waals surface area contributed by atoms with Gasteiger partial charge in [-0.15, -0.1) is 0 Å². The highest BCUT2D eigenvalue weighted by atomic mass is 79.9. The van der Waals surface area contributed by atoms with Gasteiger partial charge in [-0.1, -0.05) is 22.0 Å². The molecule has 1 aromatic carbocycles. The molecule has 1 fully saturated rings. The second kappa shape index (κ2) is 10.7. The number of aromatic nitrogens is 2. The fraction of sp³-hybridized carbons (Fsp3) is 0.417. The smallest absolute Gasteiger partial charge is 0.338 e. The van der Waals surface area contributed by atoms with E-state index in [0.717, 1.165) is 0 Å². The highest BCUT2D eigenvalue weighted by Crippen LogP contribution is 2.39. The summed E-state index contributed by atoms with van der Waals surface area (Å²) in [5, 5.41) is 12.3. The van der Waals surface area contributed by atoms with Gasteiger partial charge in [-0.25, -0.2) is 22.9 Å². The molecule has 0 bridgehead atoms. The third kappa shape index (κ3) is 5.87. The number of rotatable bonds is 8. The molecule has 3 heterocycles. The van der Waals surface area contributed by atoms with Crippen LogP contribution in [0.4, 0.5) is 13.2 Å². The minimum Gasteiger partial charge on any atom is -0.481 e. The maximum Gasteiger partial charge on any atom is 0.338 e. The van der Waals surface area contributed by atoms with Crippen molar-refractivity contribution in [3.8, 4) is 0 Å². The van der Waals surface area contributed by atoms with Crippen LogP contribution in [0.25, 0.3) is 0 Å². The summed E-state index contributed by atoms with van der Waals surface area (Å²) < 4.78 is 50.0. The average molecular weight is 584 g/mol. The molecule has 1 aromatic heterocycles. The number of imidazole rings is 1. The first-order valence-electron chi connectivity index (χ1n) is 11.5. The lowest BCUT2D eigenvalue weighted by Crippen LogP contribution is -2.42. The van der Waals surface area contributed by atoms with Crippen molar-refractivity contribution in [3.05, 3.63) is 63.5 Å². The highest BCUT2D eigenvalue weighted by molar-refractivity contribution is 9.10. The summed E-state index contributed by atoms with van der Waals surface area (Å²) >= 11 is 3.34. The van der Waals surface area contributed by atoms with Gasteiger partial charge in [0.1, 0.15) is 11.9 Å². The van der Waals surface area contributed by atoms with E-state index in [1.165, 1.54) is 23.1 Å². The number of benzene rings is 1. The number of hydrogen-bond donors (Lipinski definition) is 2. The number of alkyl halides is 2. The summed E-state index contributed by atoms with van der Waals surface area (Å²) in [4.78, 5) is 34.9. The zero-order chi connectivity index (χ0) is 26.9. The molecule has 2 unspecified atom stereocenters. The Labute approximate surface area is 219 Å². The predicted molar refractivity (Wildman–Crippen MR) is 131 cm³/mol. The summed E-state index contributed by atoms with van der Waals surface area (Å²) in [7, 11) is 1.74. The quantitative estimate of drug-likeness (QED) is 0.458. The molecular weight excluding hydrogens is 559 g/mol. The maximum absolute atomic E-state index is 14.4. The highest BCUT2D eigenvalue weighted by Gasteiger charge is 2.46. The normalized spacial score (nSPS) is 21.5. The van der Waals surface area contributed by atoms with E-state index in [4.69, 9.17) is 9.73 Å². The van der Waals surface area contributed by atoms with Gasteiger partial charge in [0.05, 0.1) is 25.1 Å². The van der Waals surface area contributed by atoms with Crippen LogP contribution >= 0.6 is 15.9 Å². The van der Waals surface area contributed by atoms with E-state index in [0.29, 0.717) is 15.9 Å². The van der Waals surface area contributed by atoms with E-state index in [2.05, 4.69) is 26.2 Å². The Morgan fingerprint density at radius 2 is 2.11 bits per heavy atom. The van der Waals surface area contributed by atoms with Gasteiger partial charge in [0.2, 0.25) is 0 Å². The van der Waals surface area contributed by atoms with Crippen LogP contribution in [0.2, 0.25) is 0 Å². The molecule has 2 N–H and O–H groups in total. The number of esters is 1. The van der Waals surface area contributed by atoms with E-state index in [9.17, 15) is 27.9 Å². The first-order valence-corrected chi connectivity index (χ1v) is 12.3. The zero-order valence-corrected chi connectivity index (χ0v) is 21.6. The molecule has 1 saturated heterocycles. The summed E-state index contributed by atoms with van der Waals surface area (Å²) in [6.07, 6.45) is 2.15. The van der Waals surface area contributed by atoms with Gasteiger partial charge in [0.25, 0.3) is 5.92 Å². The Morgan fingerprint density at radius 1 is 1.35 bits per heavy atom. The number of carboxylic acids is 1. The van der Waals surface area contributed by atoms with Crippen LogP contribution in [0.15, 0.2) is 51.3 Å². The first-order chi connectivity index (χ1) is 17.5. The molecule has 2 aliphatic heterocycles. The van der Waals surface area contributed by atoms with Gasteiger partial charge in [-0.05, 0) is 24.6 Å². The van der Waals surface area contributed by atoms with Crippen molar-refractivity contribution < 1.29 is 32.6 Å². The fourth-order valence-corrected chi connectivity index (χ4v) is 5.15. The summed E-state index contributed by atoms with van der Waals surface area (Å²) in [6, 6.07) is 2.00. The number of carbonyl (C=O) groups excluding carboxylic acids is 1. The standard InChI is InChI=1S/C24H25BrF3N5O4/c1-3-37-23(36)19-17(11-33-12-24(27,28)10-14(33)9-18(34)35)30-21(22-29-6-7-32(22)2)31-20(19)15-5-4-13(26)8-16(15)25/h4-8,14,20H,3,9-12H2,1-2H3,(H,30,31)(H,34,35). The number of carboxylic acid groups (broad SMARTS) is 1. The molecule has 2 atom stereocenters. The van der Waals surface area contributed by atoms with Crippen molar-refractivity contribution in [1.29, 1.82) is 0 Å². The Bertz CT molecular complexity index is 1280. The zero-order valence-electron chi connectivity index (χ0n) is 20.0. The van der Waals surface area contributed by atoms with Crippen molar-refractivity contribution in [1.82, 2.24) is 19.8 Å². The SMILES string of the molecule is CCOC(=O)C1=C(CN2CC(F)(F)CC2CC(=O)O)NC(c2nccn2C)=NC1c1ccc(F)cc1Br.